The van der Waals surface area contributed by atoms with Crippen molar-refractivity contribution < 1.29 is 4.42 Å². The second kappa shape index (κ2) is 7.41. The van der Waals surface area contributed by atoms with Crippen molar-refractivity contribution in [3.63, 3.8) is 0 Å². The van der Waals surface area contributed by atoms with Gasteiger partial charge in [-0.05, 0) is 42.8 Å². The Labute approximate surface area is 177 Å². The van der Waals surface area contributed by atoms with Gasteiger partial charge in [-0.15, -0.1) is 0 Å². The van der Waals surface area contributed by atoms with Crippen LogP contribution in [0.25, 0.3) is 11.3 Å². The molecule has 1 saturated heterocycles. The topological polar surface area (TPSA) is 41.6 Å². The van der Waals surface area contributed by atoms with Crippen molar-refractivity contribution in [1.82, 2.24) is 9.88 Å². The minimum absolute atomic E-state index is 0.0398. The van der Waals surface area contributed by atoms with Gasteiger partial charge in [-0.25, -0.2) is 4.99 Å². The molecule has 1 fully saturated rings. The van der Waals surface area contributed by atoms with Gasteiger partial charge in [-0.3, -0.25) is 4.98 Å². The summed E-state index contributed by atoms with van der Waals surface area (Å²) in [6, 6.07) is 18.9. The number of hydrogen-bond acceptors (Lipinski definition) is 5. The first-order valence-corrected chi connectivity index (χ1v) is 11.3. The van der Waals surface area contributed by atoms with Crippen molar-refractivity contribution in [3.8, 4) is 11.3 Å². The van der Waals surface area contributed by atoms with E-state index < -0.39 is 0 Å². The normalized spacial score (nSPS) is 23.7. The molecule has 2 aliphatic heterocycles. The van der Waals surface area contributed by atoms with Crippen LogP contribution in [0.1, 0.15) is 36.9 Å². The second-order valence-electron chi connectivity index (χ2n) is 7.05. The zero-order chi connectivity index (χ0) is 19.1. The number of aliphatic imine (C=N–C) groups is 1. The minimum Gasteiger partial charge on any atom is -0.459 e. The van der Waals surface area contributed by atoms with Gasteiger partial charge in [0.05, 0.1) is 5.69 Å². The zero-order valence-corrected chi connectivity index (χ0v) is 17.9. The molecule has 4 nitrogen and oxygen atoms in total. The van der Waals surface area contributed by atoms with Gasteiger partial charge in [0.25, 0.3) is 0 Å². The summed E-state index contributed by atoms with van der Waals surface area (Å²) in [5.41, 5.74) is 2.07. The number of rotatable bonds is 4. The number of aromatic nitrogens is 1. The third-order valence-electron chi connectivity index (χ3n) is 5.38. The highest BCUT2D eigenvalue weighted by Crippen LogP contribution is 2.49. The number of hydrogen-bond donors (Lipinski definition) is 0. The van der Waals surface area contributed by atoms with Crippen molar-refractivity contribution >= 4 is 32.9 Å². The van der Waals surface area contributed by atoms with Crippen LogP contribution in [0, 0.1) is 0 Å². The lowest BCUT2D eigenvalue weighted by Gasteiger charge is -2.30. The fourth-order valence-corrected chi connectivity index (χ4v) is 5.54. The van der Waals surface area contributed by atoms with Crippen LogP contribution in [0.2, 0.25) is 0 Å². The molecule has 1 aromatic carbocycles. The van der Waals surface area contributed by atoms with Gasteiger partial charge >= 0.3 is 0 Å². The van der Waals surface area contributed by atoms with Crippen LogP contribution in [0.4, 0.5) is 0 Å². The number of benzene rings is 1. The van der Waals surface area contributed by atoms with Crippen LogP contribution in [0.5, 0.6) is 0 Å². The maximum Gasteiger partial charge on any atom is 0.161 e. The van der Waals surface area contributed by atoms with Gasteiger partial charge in [0.1, 0.15) is 23.6 Å². The Bertz CT molecular complexity index is 1000. The van der Waals surface area contributed by atoms with E-state index in [0.717, 1.165) is 44.6 Å². The molecule has 4 heterocycles. The van der Waals surface area contributed by atoms with Crippen LogP contribution in [0.15, 0.2) is 74.7 Å². The summed E-state index contributed by atoms with van der Waals surface area (Å²) in [4.78, 5) is 12.1. The number of fused-ring (bicyclic) bond motifs is 1. The summed E-state index contributed by atoms with van der Waals surface area (Å²) in [5.74, 6) is 2.92. The fourth-order valence-electron chi connectivity index (χ4n) is 3.94. The van der Waals surface area contributed by atoms with Crippen LogP contribution < -0.4 is 0 Å². The number of pyridine rings is 1. The van der Waals surface area contributed by atoms with Crippen molar-refractivity contribution in [2.45, 2.75) is 31.5 Å². The van der Waals surface area contributed by atoms with Crippen LogP contribution >= 0.6 is 27.7 Å². The Kier molecular flexibility index (Phi) is 4.77. The highest BCUT2D eigenvalue weighted by Gasteiger charge is 2.46. The van der Waals surface area contributed by atoms with Gasteiger partial charge in [0.2, 0.25) is 0 Å². The highest BCUT2D eigenvalue weighted by atomic mass is 79.9. The van der Waals surface area contributed by atoms with Gasteiger partial charge in [0.15, 0.2) is 5.17 Å². The van der Waals surface area contributed by atoms with E-state index in [1.54, 1.807) is 0 Å². The maximum atomic E-state index is 6.38. The van der Waals surface area contributed by atoms with E-state index in [9.17, 15) is 0 Å². The molecule has 28 heavy (non-hydrogen) atoms. The summed E-state index contributed by atoms with van der Waals surface area (Å²) < 4.78 is 7.44. The first-order valence-electron chi connectivity index (χ1n) is 9.50. The standard InChI is InChI=1S/C22H20BrN3OS/c1-2-16-13-28-22-25-20(17-5-3-4-12-24-17)21(26(16)22)19-11-10-18(27-19)14-6-8-15(23)9-7-14/h3-12,16,20-21H,2,13H2,1H3/t16-,20-,21+/m0/s1. The third kappa shape index (κ3) is 3.08. The lowest BCUT2D eigenvalue weighted by molar-refractivity contribution is 0.226. The summed E-state index contributed by atoms with van der Waals surface area (Å²) >= 11 is 5.34. The molecule has 0 saturated carbocycles. The quantitative estimate of drug-likeness (QED) is 0.479. The molecular formula is C22H20BrN3OS. The molecule has 0 radical (unpaired) electrons. The summed E-state index contributed by atoms with van der Waals surface area (Å²) in [6.45, 7) is 2.24. The van der Waals surface area contributed by atoms with E-state index in [4.69, 9.17) is 9.41 Å². The predicted octanol–water partition coefficient (Wildman–Crippen LogP) is 6.08. The van der Waals surface area contributed by atoms with Crippen LogP contribution in [-0.2, 0) is 0 Å². The van der Waals surface area contributed by atoms with Crippen LogP contribution in [-0.4, -0.2) is 26.8 Å². The molecular weight excluding hydrogens is 434 g/mol. The fraction of sp³-hybridized carbons (Fsp3) is 0.273. The molecule has 5 rings (SSSR count). The van der Waals surface area contributed by atoms with E-state index in [-0.39, 0.29) is 12.1 Å². The maximum absolute atomic E-state index is 6.38. The Balaban J connectivity index is 1.55. The monoisotopic (exact) mass is 453 g/mol. The molecule has 0 amide bonds. The van der Waals surface area contributed by atoms with Crippen LogP contribution in [0.3, 0.4) is 0 Å². The van der Waals surface area contributed by atoms with Crippen molar-refractivity contribution in [2.24, 2.45) is 4.99 Å². The lowest BCUT2D eigenvalue weighted by Crippen LogP contribution is -2.35. The largest absolute Gasteiger partial charge is 0.459 e. The van der Waals surface area contributed by atoms with E-state index >= 15 is 0 Å². The molecule has 0 bridgehead atoms. The van der Waals surface area contributed by atoms with E-state index in [0.29, 0.717) is 6.04 Å². The number of halogens is 1. The second-order valence-corrected chi connectivity index (χ2v) is 8.95. The third-order valence-corrected chi connectivity index (χ3v) is 7.03. The van der Waals surface area contributed by atoms with Crippen molar-refractivity contribution in [2.75, 3.05) is 5.75 Å². The molecule has 0 aliphatic carbocycles. The summed E-state index contributed by atoms with van der Waals surface area (Å²) in [7, 11) is 0. The zero-order valence-electron chi connectivity index (χ0n) is 15.5. The Morgan fingerprint density at radius 1 is 1.14 bits per heavy atom. The average molecular weight is 454 g/mol. The Morgan fingerprint density at radius 2 is 2.00 bits per heavy atom. The lowest BCUT2D eigenvalue weighted by atomic mass is 10.0. The molecule has 2 aliphatic rings. The highest BCUT2D eigenvalue weighted by molar-refractivity contribution is 9.10. The number of amidine groups is 1. The summed E-state index contributed by atoms with van der Waals surface area (Å²) in [6.07, 6.45) is 2.94. The number of thioether (sulfide) groups is 1. The minimum atomic E-state index is -0.0398. The molecule has 0 unspecified atom stereocenters. The number of nitrogens with zero attached hydrogens (tertiary/aromatic N) is 3. The predicted molar refractivity (Wildman–Crippen MR) is 117 cm³/mol. The smallest absolute Gasteiger partial charge is 0.161 e. The Hall–Kier alpha value is -2.05. The van der Waals surface area contributed by atoms with Crippen molar-refractivity contribution in [1.29, 1.82) is 0 Å². The van der Waals surface area contributed by atoms with Gasteiger partial charge in [-0.2, -0.15) is 0 Å². The average Bonchev–Trinajstić information content (AvgIpc) is 3.44. The molecule has 0 N–H and O–H groups in total. The molecule has 3 atom stereocenters. The van der Waals surface area contributed by atoms with Gasteiger partial charge in [-0.1, -0.05) is 52.8 Å². The molecule has 3 aromatic rings. The van der Waals surface area contributed by atoms with E-state index in [1.807, 2.05) is 42.2 Å². The SMILES string of the molecule is CC[C@H]1CSC2=N[C@@H](c3ccccn3)[C@@H](c3ccc(-c4ccc(Br)cc4)o3)N21. The van der Waals surface area contributed by atoms with Gasteiger partial charge in [0, 0.05) is 28.0 Å². The molecule has 2 aromatic heterocycles. The molecule has 142 valence electrons. The first kappa shape index (κ1) is 18.0. The molecule has 0 spiro atoms. The van der Waals surface area contributed by atoms with E-state index in [2.05, 4.69) is 63.1 Å². The Morgan fingerprint density at radius 3 is 2.75 bits per heavy atom. The van der Waals surface area contributed by atoms with Crippen molar-refractivity contribution in [3.05, 3.63) is 76.7 Å². The molecule has 6 heteroatoms. The first-order chi connectivity index (χ1) is 13.7. The van der Waals surface area contributed by atoms with Gasteiger partial charge < -0.3 is 9.32 Å². The summed E-state index contributed by atoms with van der Waals surface area (Å²) in [5, 5.41) is 1.12. The van der Waals surface area contributed by atoms with E-state index in [1.165, 1.54) is 0 Å². The number of furan rings is 1.